The number of pyridine rings is 1. The number of hydrogen-bond donors (Lipinski definition) is 2. The Morgan fingerprint density at radius 3 is 2.71 bits per heavy atom. The van der Waals surface area contributed by atoms with Gasteiger partial charge in [0.25, 0.3) is 5.91 Å². The molecule has 2 N–H and O–H groups in total. The number of rotatable bonds is 5. The molecule has 10 heteroatoms. The third-order valence-corrected chi connectivity index (χ3v) is 7.08. The van der Waals surface area contributed by atoms with Crippen molar-refractivity contribution in [3.05, 3.63) is 65.3 Å². The van der Waals surface area contributed by atoms with Gasteiger partial charge in [-0.15, -0.1) is 0 Å². The third kappa shape index (κ3) is 3.79. The third-order valence-electron chi connectivity index (χ3n) is 6.72. The fourth-order valence-electron chi connectivity index (χ4n) is 4.78. The fourth-order valence-corrected chi connectivity index (χ4v) is 5.06. The summed E-state index contributed by atoms with van der Waals surface area (Å²) in [7, 11) is 0. The van der Waals surface area contributed by atoms with Crippen LogP contribution in [-0.4, -0.2) is 41.6 Å². The summed E-state index contributed by atoms with van der Waals surface area (Å²) < 4.78 is 33.3. The first kappa shape index (κ1) is 22.2. The molecule has 2 aliphatic rings. The molecule has 0 atom stereocenters. The number of aliphatic hydroxyl groups is 1. The molecule has 0 unspecified atom stereocenters. The van der Waals surface area contributed by atoms with Crippen molar-refractivity contribution in [2.45, 2.75) is 50.3 Å². The summed E-state index contributed by atoms with van der Waals surface area (Å²) in [5.74, 6) is -1.43. The lowest BCUT2D eigenvalue weighted by Crippen LogP contribution is -2.53. The Hall–Kier alpha value is -3.30. The second-order valence-electron chi connectivity index (χ2n) is 9.66. The summed E-state index contributed by atoms with van der Waals surface area (Å²) in [4.78, 5) is 21.4. The predicted molar refractivity (Wildman–Crippen MR) is 126 cm³/mol. The van der Waals surface area contributed by atoms with Crippen molar-refractivity contribution in [2.24, 2.45) is 0 Å². The zero-order valence-corrected chi connectivity index (χ0v) is 19.6. The number of carbonyl (C=O) groups excluding carboxylic acids is 1. The maximum absolute atomic E-state index is 15.1. The molecule has 0 spiro atoms. The molecule has 3 heterocycles. The van der Waals surface area contributed by atoms with Crippen molar-refractivity contribution in [3.63, 3.8) is 0 Å². The topological polar surface area (TPSA) is 84.5 Å². The molecule has 1 aromatic carbocycles. The molecule has 180 valence electrons. The lowest BCUT2D eigenvalue weighted by atomic mass is 9.77. The average molecular weight is 498 g/mol. The van der Waals surface area contributed by atoms with E-state index in [1.54, 1.807) is 31.3 Å². The number of aromatic nitrogens is 4. The highest BCUT2D eigenvalue weighted by molar-refractivity contribution is 6.32. The van der Waals surface area contributed by atoms with Crippen molar-refractivity contribution >= 4 is 23.2 Å². The standard InChI is InChI=1S/C25H22ClF2N5O2/c1-25(35)10-14(11-25)30-24(34)13-7-8-32-18(9-13)31-21(22(32)26)19-16(3-2-4-17(19)27)20-23(28)33(12-29-20)15-5-6-15/h2-4,7-9,12,14-15,35H,5-6,10-11H2,1H3,(H,30,34). The van der Waals surface area contributed by atoms with Gasteiger partial charge in [-0.2, -0.15) is 4.39 Å². The highest BCUT2D eigenvalue weighted by atomic mass is 35.5. The minimum absolute atomic E-state index is 0.0379. The van der Waals surface area contributed by atoms with Crippen molar-refractivity contribution in [3.8, 4) is 22.5 Å². The number of carbonyl (C=O) groups is 1. The van der Waals surface area contributed by atoms with Crippen molar-refractivity contribution in [1.29, 1.82) is 0 Å². The van der Waals surface area contributed by atoms with Crippen LogP contribution in [0.5, 0.6) is 0 Å². The molecular formula is C25H22ClF2N5O2. The van der Waals surface area contributed by atoms with Gasteiger partial charge in [-0.1, -0.05) is 23.7 Å². The number of amides is 1. The molecule has 2 fully saturated rings. The molecule has 2 aliphatic carbocycles. The summed E-state index contributed by atoms with van der Waals surface area (Å²) in [5.41, 5.74) is 0.421. The molecule has 35 heavy (non-hydrogen) atoms. The number of imidazole rings is 2. The zero-order valence-electron chi connectivity index (χ0n) is 18.8. The Labute approximate surface area is 204 Å². The van der Waals surface area contributed by atoms with Crippen molar-refractivity contribution in [1.82, 2.24) is 24.3 Å². The zero-order chi connectivity index (χ0) is 24.5. The smallest absolute Gasteiger partial charge is 0.251 e. The maximum atomic E-state index is 15.1. The van der Waals surface area contributed by atoms with Gasteiger partial charge in [-0.3, -0.25) is 9.20 Å². The molecular weight excluding hydrogens is 476 g/mol. The molecule has 3 aromatic heterocycles. The first-order valence-corrected chi connectivity index (χ1v) is 11.8. The van der Waals surface area contributed by atoms with Gasteiger partial charge in [0.1, 0.15) is 28.0 Å². The Kier molecular flexibility index (Phi) is 4.98. The van der Waals surface area contributed by atoms with Crippen LogP contribution in [0.1, 0.15) is 49.0 Å². The number of halogens is 3. The van der Waals surface area contributed by atoms with Crippen LogP contribution in [0.15, 0.2) is 42.9 Å². The minimum Gasteiger partial charge on any atom is -0.390 e. The monoisotopic (exact) mass is 497 g/mol. The van der Waals surface area contributed by atoms with Crippen molar-refractivity contribution in [2.75, 3.05) is 0 Å². The molecule has 2 saturated carbocycles. The molecule has 0 aliphatic heterocycles. The van der Waals surface area contributed by atoms with Crippen LogP contribution in [-0.2, 0) is 0 Å². The summed E-state index contributed by atoms with van der Waals surface area (Å²) in [6.45, 7) is 1.73. The van der Waals surface area contributed by atoms with E-state index in [0.29, 0.717) is 24.1 Å². The normalized spacial score (nSPS) is 21.8. The lowest BCUT2D eigenvalue weighted by Gasteiger charge is -2.41. The second kappa shape index (κ2) is 7.86. The Balaban J connectivity index is 1.38. The van der Waals surface area contributed by atoms with Gasteiger partial charge in [0, 0.05) is 35.0 Å². The highest BCUT2D eigenvalue weighted by Crippen LogP contribution is 2.41. The van der Waals surface area contributed by atoms with E-state index in [1.165, 1.54) is 27.4 Å². The molecule has 6 rings (SSSR count). The maximum Gasteiger partial charge on any atom is 0.251 e. The number of hydrogen-bond acceptors (Lipinski definition) is 4. The van der Waals surface area contributed by atoms with E-state index < -0.39 is 17.4 Å². The van der Waals surface area contributed by atoms with Crippen LogP contribution in [0.3, 0.4) is 0 Å². The molecule has 0 radical (unpaired) electrons. The van der Waals surface area contributed by atoms with E-state index in [9.17, 15) is 9.90 Å². The van der Waals surface area contributed by atoms with Gasteiger partial charge in [0.15, 0.2) is 0 Å². The lowest BCUT2D eigenvalue weighted by molar-refractivity contribution is -0.0366. The van der Waals surface area contributed by atoms with Crippen molar-refractivity contribution < 1.29 is 18.7 Å². The Morgan fingerprint density at radius 1 is 1.23 bits per heavy atom. The largest absolute Gasteiger partial charge is 0.390 e. The second-order valence-corrected chi connectivity index (χ2v) is 10.0. The van der Waals surface area contributed by atoms with Gasteiger partial charge in [0.05, 0.1) is 11.9 Å². The summed E-state index contributed by atoms with van der Waals surface area (Å²) >= 11 is 6.59. The quantitative estimate of drug-likeness (QED) is 0.416. The number of nitrogens with one attached hydrogen (secondary N) is 1. The van der Waals surface area contributed by atoms with E-state index in [1.807, 2.05) is 0 Å². The van der Waals surface area contributed by atoms with E-state index >= 15 is 8.78 Å². The van der Waals surface area contributed by atoms with Gasteiger partial charge in [0.2, 0.25) is 5.95 Å². The first-order valence-electron chi connectivity index (χ1n) is 11.4. The predicted octanol–water partition coefficient (Wildman–Crippen LogP) is 4.77. The van der Waals surface area contributed by atoms with E-state index in [4.69, 9.17) is 11.6 Å². The summed E-state index contributed by atoms with van der Waals surface area (Å²) in [6.07, 6.45) is 5.78. The molecule has 0 saturated heterocycles. The molecule has 1 amide bonds. The van der Waals surface area contributed by atoms with Crippen LogP contribution in [0.4, 0.5) is 8.78 Å². The fraction of sp³-hybridized carbons (Fsp3) is 0.320. The van der Waals surface area contributed by atoms with Crippen LogP contribution in [0.25, 0.3) is 28.2 Å². The van der Waals surface area contributed by atoms with Crippen LogP contribution in [0, 0.1) is 11.8 Å². The Morgan fingerprint density at radius 2 is 2.00 bits per heavy atom. The summed E-state index contributed by atoms with van der Waals surface area (Å²) in [6, 6.07) is 7.49. The Bertz CT molecular complexity index is 1480. The SMILES string of the molecule is CC1(O)CC(NC(=O)c2ccn3c(Cl)c(-c4c(F)cccc4-c4ncn(C5CC5)c4F)nc3c2)C1. The number of nitrogens with zero attached hydrogens (tertiary/aromatic N) is 4. The van der Waals surface area contributed by atoms with E-state index in [2.05, 4.69) is 15.3 Å². The molecule has 4 aromatic rings. The molecule has 0 bridgehead atoms. The van der Waals surface area contributed by atoms with Gasteiger partial charge in [-0.25, -0.2) is 14.4 Å². The average Bonchev–Trinajstić information content (AvgIpc) is 3.49. The van der Waals surface area contributed by atoms with Gasteiger partial charge >= 0.3 is 0 Å². The minimum atomic E-state index is -0.751. The van der Waals surface area contributed by atoms with E-state index in [-0.39, 0.29) is 45.7 Å². The first-order chi connectivity index (χ1) is 16.7. The van der Waals surface area contributed by atoms with Crippen LogP contribution < -0.4 is 5.32 Å². The van der Waals surface area contributed by atoms with Gasteiger partial charge < -0.3 is 15.0 Å². The summed E-state index contributed by atoms with van der Waals surface area (Å²) in [5, 5.41) is 12.9. The number of fused-ring (bicyclic) bond motifs is 1. The number of benzene rings is 1. The van der Waals surface area contributed by atoms with E-state index in [0.717, 1.165) is 12.8 Å². The van der Waals surface area contributed by atoms with Crippen LogP contribution in [0.2, 0.25) is 5.15 Å². The van der Waals surface area contributed by atoms with Crippen LogP contribution >= 0.6 is 11.6 Å². The van der Waals surface area contributed by atoms with Gasteiger partial charge in [-0.05, 0) is 50.8 Å². The highest BCUT2D eigenvalue weighted by Gasteiger charge is 2.39. The molecule has 7 nitrogen and oxygen atoms in total.